The number of Topliss-reactive ketones (excluding diaryl/α,β-unsaturated/α-hetero) is 1. The van der Waals surface area contributed by atoms with Crippen molar-refractivity contribution in [2.24, 2.45) is 0 Å². The molecule has 0 radical (unpaired) electrons. The van der Waals surface area contributed by atoms with Crippen molar-refractivity contribution < 1.29 is 18.4 Å². The molecule has 3 rings (SSSR count). The van der Waals surface area contributed by atoms with E-state index in [1.807, 2.05) is 4.90 Å². The molecule has 1 aromatic carbocycles. The van der Waals surface area contributed by atoms with Gasteiger partial charge in [0, 0.05) is 43.6 Å². The Bertz CT molecular complexity index is 609. The quantitative estimate of drug-likeness (QED) is 0.865. The lowest BCUT2D eigenvalue weighted by Gasteiger charge is -2.42. The molecular weight excluding hydrogens is 302 g/mol. The Morgan fingerprint density at radius 1 is 1.09 bits per heavy atom. The van der Waals surface area contributed by atoms with Gasteiger partial charge in [0.05, 0.1) is 0 Å². The van der Waals surface area contributed by atoms with Gasteiger partial charge in [-0.3, -0.25) is 9.59 Å². The van der Waals surface area contributed by atoms with Gasteiger partial charge in [0.2, 0.25) is 5.91 Å². The maximum Gasteiger partial charge on any atom is 0.223 e. The van der Waals surface area contributed by atoms with Crippen molar-refractivity contribution in [2.45, 2.75) is 44.2 Å². The lowest BCUT2D eigenvalue weighted by Crippen LogP contribution is -2.59. The Morgan fingerprint density at radius 2 is 1.78 bits per heavy atom. The summed E-state index contributed by atoms with van der Waals surface area (Å²) in [6.45, 7) is 1.38. The van der Waals surface area contributed by atoms with Crippen LogP contribution in [-0.2, 0) is 4.79 Å². The van der Waals surface area contributed by atoms with Crippen molar-refractivity contribution in [3.05, 3.63) is 35.4 Å². The second-order valence-electron chi connectivity index (χ2n) is 6.34. The zero-order valence-electron chi connectivity index (χ0n) is 12.9. The number of piperazine rings is 1. The van der Waals surface area contributed by atoms with Gasteiger partial charge in [0.1, 0.15) is 0 Å². The lowest BCUT2D eigenvalue weighted by molar-refractivity contribution is -0.133. The number of nitrogens with zero attached hydrogens (tertiary/aromatic N) is 1. The number of likely N-dealkylation sites (tertiary alicyclic amines) is 1. The smallest absolute Gasteiger partial charge is 0.223 e. The van der Waals surface area contributed by atoms with Crippen LogP contribution in [0.3, 0.4) is 0 Å². The number of amides is 1. The largest absolute Gasteiger partial charge is 0.340 e. The number of piperidine rings is 1. The highest BCUT2D eigenvalue weighted by Gasteiger charge is 2.31. The van der Waals surface area contributed by atoms with Gasteiger partial charge in [-0.25, -0.2) is 8.78 Å². The summed E-state index contributed by atoms with van der Waals surface area (Å²) < 4.78 is 26.0. The third-order valence-corrected chi connectivity index (χ3v) is 4.62. The standard InChI is InChI=1S/C17H20F2N2O2/c18-14-5-4-11(8-15(14)19)16(22)6-7-17(23)21-9-12-2-1-3-13(10-21)20-12/h4-5,8,12-13,20H,1-3,6-7,9-10H2. The van der Waals surface area contributed by atoms with E-state index in [0.717, 1.165) is 25.0 Å². The van der Waals surface area contributed by atoms with E-state index in [-0.39, 0.29) is 30.1 Å². The molecule has 1 aromatic rings. The van der Waals surface area contributed by atoms with E-state index in [0.29, 0.717) is 25.2 Å². The van der Waals surface area contributed by atoms with Gasteiger partial charge in [0.25, 0.3) is 0 Å². The molecule has 2 atom stereocenters. The maximum atomic E-state index is 13.2. The van der Waals surface area contributed by atoms with Crippen LogP contribution < -0.4 is 5.32 Å². The monoisotopic (exact) mass is 322 g/mol. The van der Waals surface area contributed by atoms with Crippen LogP contribution in [0.2, 0.25) is 0 Å². The molecule has 4 nitrogen and oxygen atoms in total. The Hall–Kier alpha value is -1.82. The number of rotatable bonds is 4. The number of hydrogen-bond acceptors (Lipinski definition) is 3. The van der Waals surface area contributed by atoms with Crippen LogP contribution in [0.25, 0.3) is 0 Å². The fraction of sp³-hybridized carbons (Fsp3) is 0.529. The van der Waals surface area contributed by atoms with Crippen LogP contribution in [0.4, 0.5) is 8.78 Å². The molecule has 124 valence electrons. The number of halogens is 2. The first-order valence-corrected chi connectivity index (χ1v) is 8.05. The molecular formula is C17H20F2N2O2. The second kappa shape index (κ2) is 6.74. The first-order valence-electron chi connectivity index (χ1n) is 8.05. The molecule has 6 heteroatoms. The minimum atomic E-state index is -1.04. The molecule has 2 heterocycles. The third kappa shape index (κ3) is 3.75. The first kappa shape index (κ1) is 16.1. The van der Waals surface area contributed by atoms with Crippen molar-refractivity contribution in [1.82, 2.24) is 10.2 Å². The molecule has 0 aromatic heterocycles. The van der Waals surface area contributed by atoms with Crippen LogP contribution >= 0.6 is 0 Å². The predicted octanol–water partition coefficient (Wildman–Crippen LogP) is 2.28. The van der Waals surface area contributed by atoms with E-state index in [1.54, 1.807) is 0 Å². The van der Waals surface area contributed by atoms with Gasteiger partial charge in [-0.05, 0) is 31.0 Å². The normalized spacial score (nSPS) is 23.7. The zero-order chi connectivity index (χ0) is 16.4. The molecule has 2 fully saturated rings. The SMILES string of the molecule is O=C(CCC(=O)N1CC2CCCC(C1)N2)c1ccc(F)c(F)c1. The van der Waals surface area contributed by atoms with Crippen LogP contribution in [0, 0.1) is 11.6 Å². The summed E-state index contributed by atoms with van der Waals surface area (Å²) >= 11 is 0. The highest BCUT2D eigenvalue weighted by atomic mass is 19.2. The molecule has 1 N–H and O–H groups in total. The Morgan fingerprint density at radius 3 is 2.43 bits per heavy atom. The van der Waals surface area contributed by atoms with Gasteiger partial charge in [0.15, 0.2) is 17.4 Å². The van der Waals surface area contributed by atoms with Crippen LogP contribution in [0.5, 0.6) is 0 Å². The van der Waals surface area contributed by atoms with Gasteiger partial charge >= 0.3 is 0 Å². The average molecular weight is 322 g/mol. The van der Waals surface area contributed by atoms with E-state index in [9.17, 15) is 18.4 Å². The van der Waals surface area contributed by atoms with Crippen LogP contribution in [0.15, 0.2) is 18.2 Å². The molecule has 1 amide bonds. The van der Waals surface area contributed by atoms with Gasteiger partial charge in [-0.15, -0.1) is 0 Å². The minimum absolute atomic E-state index is 0.0170. The average Bonchev–Trinajstić information content (AvgIpc) is 2.54. The number of fused-ring (bicyclic) bond motifs is 2. The Kier molecular flexibility index (Phi) is 4.71. The summed E-state index contributed by atoms with van der Waals surface area (Å²) in [5, 5.41) is 3.50. The highest BCUT2D eigenvalue weighted by Crippen LogP contribution is 2.20. The summed E-state index contributed by atoms with van der Waals surface area (Å²) in [5.74, 6) is -2.41. The highest BCUT2D eigenvalue weighted by molar-refractivity contribution is 5.97. The topological polar surface area (TPSA) is 49.4 Å². The Balaban J connectivity index is 1.54. The van der Waals surface area contributed by atoms with E-state index < -0.39 is 11.6 Å². The lowest BCUT2D eigenvalue weighted by atomic mass is 9.94. The molecule has 2 saturated heterocycles. The molecule has 2 aliphatic rings. The third-order valence-electron chi connectivity index (χ3n) is 4.62. The van der Waals surface area contributed by atoms with E-state index >= 15 is 0 Å². The summed E-state index contributed by atoms with van der Waals surface area (Å²) in [4.78, 5) is 26.1. The predicted molar refractivity (Wildman–Crippen MR) is 81.1 cm³/mol. The maximum absolute atomic E-state index is 13.2. The fourth-order valence-electron chi connectivity index (χ4n) is 3.40. The van der Waals surface area contributed by atoms with Gasteiger partial charge in [-0.2, -0.15) is 0 Å². The number of nitrogens with one attached hydrogen (secondary N) is 1. The number of ketones is 1. The fourth-order valence-corrected chi connectivity index (χ4v) is 3.40. The van der Waals surface area contributed by atoms with Crippen molar-refractivity contribution in [3.63, 3.8) is 0 Å². The van der Waals surface area contributed by atoms with Gasteiger partial charge in [-0.1, -0.05) is 6.42 Å². The number of benzene rings is 1. The number of carbonyl (C=O) groups excluding carboxylic acids is 2. The summed E-state index contributed by atoms with van der Waals surface area (Å²) in [6, 6.07) is 3.78. The first-order chi connectivity index (χ1) is 11.0. The van der Waals surface area contributed by atoms with E-state index in [4.69, 9.17) is 0 Å². The summed E-state index contributed by atoms with van der Waals surface area (Å²) in [5.41, 5.74) is 0.105. The molecule has 23 heavy (non-hydrogen) atoms. The van der Waals surface area contributed by atoms with Crippen LogP contribution in [-0.4, -0.2) is 41.8 Å². The molecule has 2 bridgehead atoms. The van der Waals surface area contributed by atoms with E-state index in [2.05, 4.69) is 5.32 Å². The van der Waals surface area contributed by atoms with Crippen molar-refractivity contribution >= 4 is 11.7 Å². The molecule has 0 aliphatic carbocycles. The van der Waals surface area contributed by atoms with E-state index in [1.165, 1.54) is 12.5 Å². The number of carbonyl (C=O) groups is 2. The molecule has 0 spiro atoms. The minimum Gasteiger partial charge on any atom is -0.340 e. The molecule has 2 unspecified atom stereocenters. The summed E-state index contributed by atoms with van der Waals surface area (Å²) in [6.07, 6.45) is 3.47. The Labute approximate surface area is 133 Å². The molecule has 0 saturated carbocycles. The summed E-state index contributed by atoms with van der Waals surface area (Å²) in [7, 11) is 0. The number of hydrogen-bond donors (Lipinski definition) is 1. The van der Waals surface area contributed by atoms with Crippen molar-refractivity contribution in [2.75, 3.05) is 13.1 Å². The van der Waals surface area contributed by atoms with Crippen molar-refractivity contribution in [1.29, 1.82) is 0 Å². The second-order valence-corrected chi connectivity index (χ2v) is 6.34. The molecule has 2 aliphatic heterocycles. The zero-order valence-corrected chi connectivity index (χ0v) is 12.9. The van der Waals surface area contributed by atoms with Gasteiger partial charge < -0.3 is 10.2 Å². The van der Waals surface area contributed by atoms with Crippen LogP contribution in [0.1, 0.15) is 42.5 Å². The van der Waals surface area contributed by atoms with Crippen molar-refractivity contribution in [3.8, 4) is 0 Å².